The number of nitrogens with zero attached hydrogens (tertiary/aromatic N) is 2. The van der Waals surface area contributed by atoms with E-state index in [4.69, 9.17) is 0 Å². The highest BCUT2D eigenvalue weighted by molar-refractivity contribution is 7.90. The predicted octanol–water partition coefficient (Wildman–Crippen LogP) is -0.0583. The number of amides is 1. The van der Waals surface area contributed by atoms with Crippen molar-refractivity contribution in [2.75, 3.05) is 31.9 Å². The molecule has 0 radical (unpaired) electrons. The molecule has 0 aromatic carbocycles. The van der Waals surface area contributed by atoms with Gasteiger partial charge in [-0.3, -0.25) is 4.79 Å². The van der Waals surface area contributed by atoms with Crippen molar-refractivity contribution in [3.8, 4) is 0 Å². The lowest BCUT2D eigenvalue weighted by Gasteiger charge is -2.27. The molecular formula is C14H19ClN4O3S. The lowest BCUT2D eigenvalue weighted by Crippen LogP contribution is -2.38. The second kappa shape index (κ2) is 7.29. The highest BCUT2D eigenvalue weighted by atomic mass is 35.5. The van der Waals surface area contributed by atoms with Crippen molar-refractivity contribution in [2.24, 2.45) is 4.40 Å². The van der Waals surface area contributed by atoms with Crippen LogP contribution in [-0.2, 0) is 14.8 Å². The lowest BCUT2D eigenvalue weighted by atomic mass is 10.1. The Kier molecular flexibility index (Phi) is 5.61. The molecule has 0 spiro atoms. The van der Waals surface area contributed by atoms with Gasteiger partial charge in [-0.05, 0) is 25.1 Å². The molecule has 0 atom stereocenters. The monoisotopic (exact) mass is 358 g/mol. The number of carbonyl (C=O) groups excluding carboxylic acids is 1. The van der Waals surface area contributed by atoms with Crippen LogP contribution in [0, 0.1) is 0 Å². The molecule has 0 aromatic heterocycles. The number of nitrogens with one attached hydrogen (secondary N) is 2. The summed E-state index contributed by atoms with van der Waals surface area (Å²) in [5, 5.41) is 6.12. The maximum atomic E-state index is 12.2. The number of rotatable bonds is 3. The van der Waals surface area contributed by atoms with E-state index >= 15 is 0 Å². The van der Waals surface area contributed by atoms with Gasteiger partial charge in [0.15, 0.2) is 0 Å². The molecule has 3 aliphatic heterocycles. The SMILES string of the molecule is Cl.O=C(NCC1=CCNCC1)C1=CN2CCS(=O)(=O)N=C2C=C1. The van der Waals surface area contributed by atoms with Gasteiger partial charge in [-0.2, -0.15) is 0 Å². The van der Waals surface area contributed by atoms with E-state index in [0.29, 0.717) is 24.5 Å². The number of amidine groups is 1. The highest BCUT2D eigenvalue weighted by Crippen LogP contribution is 2.16. The van der Waals surface area contributed by atoms with Gasteiger partial charge >= 0.3 is 0 Å². The number of fused-ring (bicyclic) bond motifs is 1. The summed E-state index contributed by atoms with van der Waals surface area (Å²) in [5.74, 6) is 0.169. The van der Waals surface area contributed by atoms with Crippen LogP contribution in [0.5, 0.6) is 0 Å². The zero-order valence-corrected chi connectivity index (χ0v) is 14.1. The first-order valence-corrected chi connectivity index (χ1v) is 8.80. The summed E-state index contributed by atoms with van der Waals surface area (Å²) in [4.78, 5) is 13.9. The van der Waals surface area contributed by atoms with Crippen molar-refractivity contribution >= 4 is 34.2 Å². The average molecular weight is 359 g/mol. The van der Waals surface area contributed by atoms with E-state index in [2.05, 4.69) is 21.1 Å². The van der Waals surface area contributed by atoms with Crippen LogP contribution in [0.1, 0.15) is 6.42 Å². The fourth-order valence-electron chi connectivity index (χ4n) is 2.46. The van der Waals surface area contributed by atoms with Crippen LogP contribution in [0.25, 0.3) is 0 Å². The Labute approximate surface area is 141 Å². The van der Waals surface area contributed by atoms with E-state index in [1.54, 1.807) is 23.3 Å². The summed E-state index contributed by atoms with van der Waals surface area (Å²) in [6.07, 6.45) is 7.85. The summed E-state index contributed by atoms with van der Waals surface area (Å²) < 4.78 is 26.6. The Bertz CT molecular complexity index is 710. The number of sulfonamides is 1. The zero-order valence-electron chi connectivity index (χ0n) is 12.5. The van der Waals surface area contributed by atoms with Crippen molar-refractivity contribution in [1.82, 2.24) is 15.5 Å². The second-order valence-corrected chi connectivity index (χ2v) is 7.10. The van der Waals surface area contributed by atoms with E-state index in [9.17, 15) is 13.2 Å². The van der Waals surface area contributed by atoms with Crippen LogP contribution in [0.3, 0.4) is 0 Å². The summed E-state index contributed by atoms with van der Waals surface area (Å²) in [6.45, 7) is 2.64. The van der Waals surface area contributed by atoms with Gasteiger partial charge in [-0.25, -0.2) is 8.42 Å². The Morgan fingerprint density at radius 2 is 2.22 bits per heavy atom. The van der Waals surface area contributed by atoms with Crippen LogP contribution >= 0.6 is 12.4 Å². The van der Waals surface area contributed by atoms with Crippen LogP contribution in [0.4, 0.5) is 0 Å². The normalized spacial score (nSPS) is 22.1. The summed E-state index contributed by atoms with van der Waals surface area (Å²) in [7, 11) is -3.36. The number of hydrogen-bond donors (Lipinski definition) is 2. The van der Waals surface area contributed by atoms with Crippen LogP contribution in [0.2, 0.25) is 0 Å². The zero-order chi connectivity index (χ0) is 15.6. The largest absolute Gasteiger partial charge is 0.348 e. The third-order valence-corrected chi connectivity index (χ3v) is 4.88. The molecule has 0 fully saturated rings. The molecule has 126 valence electrons. The van der Waals surface area contributed by atoms with Gasteiger partial charge in [-0.15, -0.1) is 16.8 Å². The minimum Gasteiger partial charge on any atom is -0.348 e. The molecule has 23 heavy (non-hydrogen) atoms. The molecule has 0 bridgehead atoms. The Hall–Kier alpha value is -1.64. The van der Waals surface area contributed by atoms with E-state index < -0.39 is 10.0 Å². The van der Waals surface area contributed by atoms with Gasteiger partial charge in [0.25, 0.3) is 15.9 Å². The van der Waals surface area contributed by atoms with Gasteiger partial charge in [0, 0.05) is 25.8 Å². The smallest absolute Gasteiger partial charge is 0.256 e. The van der Waals surface area contributed by atoms with Crippen LogP contribution < -0.4 is 10.6 Å². The van der Waals surface area contributed by atoms with Crippen LogP contribution in [-0.4, -0.2) is 57.0 Å². The van der Waals surface area contributed by atoms with Crippen LogP contribution in [0.15, 0.2) is 40.0 Å². The van der Waals surface area contributed by atoms with Gasteiger partial charge in [0.2, 0.25) is 0 Å². The lowest BCUT2D eigenvalue weighted by molar-refractivity contribution is -0.117. The summed E-state index contributed by atoms with van der Waals surface area (Å²) in [5.41, 5.74) is 1.73. The second-order valence-electron chi connectivity index (χ2n) is 5.35. The first kappa shape index (κ1) is 17.7. The molecule has 0 unspecified atom stereocenters. The molecule has 9 heteroatoms. The van der Waals surface area contributed by atoms with E-state index in [1.807, 2.05) is 0 Å². The maximum Gasteiger partial charge on any atom is 0.256 e. The van der Waals surface area contributed by atoms with Gasteiger partial charge in [0.1, 0.15) is 5.84 Å². The fourth-order valence-corrected chi connectivity index (χ4v) is 3.43. The van der Waals surface area contributed by atoms with Gasteiger partial charge in [0.05, 0.1) is 11.3 Å². The van der Waals surface area contributed by atoms with E-state index in [0.717, 1.165) is 19.5 Å². The average Bonchev–Trinajstić information content (AvgIpc) is 2.52. The molecular weight excluding hydrogens is 340 g/mol. The highest BCUT2D eigenvalue weighted by Gasteiger charge is 2.24. The topological polar surface area (TPSA) is 90.9 Å². The quantitative estimate of drug-likeness (QED) is 0.690. The minimum absolute atomic E-state index is 0. The van der Waals surface area contributed by atoms with Gasteiger partial charge < -0.3 is 15.5 Å². The summed E-state index contributed by atoms with van der Waals surface area (Å²) in [6, 6.07) is 0. The van der Waals surface area contributed by atoms with Crippen molar-refractivity contribution in [1.29, 1.82) is 0 Å². The van der Waals surface area contributed by atoms with Crippen molar-refractivity contribution in [2.45, 2.75) is 6.42 Å². The standard InChI is InChI=1S/C14H18N4O3S.ClH/c19-14(16-9-11-3-5-15-6-4-11)12-1-2-13-17-22(20,21)8-7-18(13)10-12;/h1-3,10,15H,4-9H2,(H,16,19);1H. The molecule has 0 aliphatic carbocycles. The third-order valence-electron chi connectivity index (χ3n) is 3.72. The van der Waals surface area contributed by atoms with Crippen molar-refractivity contribution < 1.29 is 13.2 Å². The van der Waals surface area contributed by atoms with E-state index in [-0.39, 0.29) is 24.1 Å². The number of halogens is 1. The van der Waals surface area contributed by atoms with Gasteiger partial charge in [-0.1, -0.05) is 11.6 Å². The Balaban J connectivity index is 0.00000192. The summed E-state index contributed by atoms with van der Waals surface area (Å²) >= 11 is 0. The predicted molar refractivity (Wildman–Crippen MR) is 91.0 cm³/mol. The first-order chi connectivity index (χ1) is 10.5. The molecule has 0 saturated heterocycles. The molecule has 0 saturated carbocycles. The van der Waals surface area contributed by atoms with Crippen molar-refractivity contribution in [3.63, 3.8) is 0 Å². The molecule has 0 aromatic rings. The Morgan fingerprint density at radius 3 is 2.96 bits per heavy atom. The maximum absolute atomic E-state index is 12.2. The molecule has 1 amide bonds. The Morgan fingerprint density at radius 1 is 1.39 bits per heavy atom. The fraction of sp³-hybridized carbons (Fsp3) is 0.429. The number of carbonyl (C=O) groups is 1. The number of hydrogen-bond acceptors (Lipinski definition) is 5. The molecule has 3 aliphatic rings. The molecule has 3 rings (SSSR count). The van der Waals surface area contributed by atoms with Crippen molar-refractivity contribution in [3.05, 3.63) is 35.6 Å². The first-order valence-electron chi connectivity index (χ1n) is 7.19. The minimum atomic E-state index is -3.36. The molecule has 7 nitrogen and oxygen atoms in total. The molecule has 3 heterocycles. The molecule has 2 N–H and O–H groups in total. The van der Waals surface area contributed by atoms with E-state index in [1.165, 1.54) is 5.57 Å². The third kappa shape index (κ3) is 4.43.